The molecule has 0 aromatic carbocycles. The molecule has 0 aliphatic heterocycles. The first-order chi connectivity index (χ1) is 8.25. The third-order valence-corrected chi connectivity index (χ3v) is 3.00. The number of carbonyl (C=O) groups is 1. The van der Waals surface area contributed by atoms with Crippen LogP contribution in [0.4, 0.5) is 0 Å². The highest BCUT2D eigenvalue weighted by molar-refractivity contribution is 7.13. The van der Waals surface area contributed by atoms with Crippen molar-refractivity contribution in [2.45, 2.75) is 6.92 Å². The summed E-state index contributed by atoms with van der Waals surface area (Å²) in [5, 5.41) is 3.90. The summed E-state index contributed by atoms with van der Waals surface area (Å²) < 4.78 is 0. The van der Waals surface area contributed by atoms with Gasteiger partial charge in [-0.05, 0) is 31.2 Å². The molecule has 1 N–H and O–H groups in total. The number of hydrogen-bond donors (Lipinski definition) is 1. The van der Waals surface area contributed by atoms with Crippen molar-refractivity contribution in [1.29, 1.82) is 0 Å². The van der Waals surface area contributed by atoms with Crippen LogP contribution in [0, 0.1) is 6.92 Å². The van der Waals surface area contributed by atoms with E-state index >= 15 is 0 Å². The topological polar surface area (TPSA) is 54.4 Å². The Hall–Kier alpha value is -2.01. The maximum atomic E-state index is 11.6. The van der Waals surface area contributed by atoms with Crippen molar-refractivity contribution in [3.05, 3.63) is 52.0 Å². The Labute approximate surface area is 103 Å². The zero-order chi connectivity index (χ0) is 12.1. The lowest BCUT2D eigenvalue weighted by Gasteiger charge is -1.97. The van der Waals surface area contributed by atoms with Gasteiger partial charge in [-0.1, -0.05) is 0 Å². The zero-order valence-electron chi connectivity index (χ0n) is 9.25. The number of aryl methyl sites for hydroxylation is 1. The van der Waals surface area contributed by atoms with Crippen LogP contribution < -0.4 is 5.43 Å². The van der Waals surface area contributed by atoms with Crippen molar-refractivity contribution in [1.82, 2.24) is 10.4 Å². The van der Waals surface area contributed by atoms with Crippen molar-refractivity contribution < 1.29 is 4.79 Å². The summed E-state index contributed by atoms with van der Waals surface area (Å²) in [7, 11) is 0. The highest BCUT2D eigenvalue weighted by Crippen LogP contribution is 2.12. The average molecular weight is 245 g/mol. The molecule has 1 amide bonds. The average Bonchev–Trinajstić information content (AvgIpc) is 2.76. The molecule has 2 aromatic heterocycles. The van der Waals surface area contributed by atoms with Crippen LogP contribution in [0.15, 0.2) is 41.8 Å². The first kappa shape index (κ1) is 11.5. The maximum absolute atomic E-state index is 11.6. The third-order valence-electron chi connectivity index (χ3n) is 2.06. The van der Waals surface area contributed by atoms with Crippen LogP contribution in [0.2, 0.25) is 0 Å². The summed E-state index contributed by atoms with van der Waals surface area (Å²) in [6.07, 6.45) is 4.78. The van der Waals surface area contributed by atoms with Gasteiger partial charge in [0.1, 0.15) is 0 Å². The zero-order valence-corrected chi connectivity index (χ0v) is 10.1. The van der Waals surface area contributed by atoms with E-state index in [9.17, 15) is 4.79 Å². The minimum Gasteiger partial charge on any atom is -0.267 e. The van der Waals surface area contributed by atoms with Gasteiger partial charge in [-0.15, -0.1) is 11.3 Å². The van der Waals surface area contributed by atoms with Crippen LogP contribution in [0.3, 0.4) is 0 Å². The van der Waals surface area contributed by atoms with Crippen molar-refractivity contribution >= 4 is 23.5 Å². The molecule has 0 fully saturated rings. The van der Waals surface area contributed by atoms with E-state index in [1.54, 1.807) is 42.1 Å². The Morgan fingerprint density at radius 1 is 1.35 bits per heavy atom. The normalized spacial score (nSPS) is 10.6. The second-order valence-electron chi connectivity index (χ2n) is 3.38. The Bertz CT molecular complexity index is 534. The van der Waals surface area contributed by atoms with Crippen LogP contribution in [0.25, 0.3) is 0 Å². The van der Waals surface area contributed by atoms with Gasteiger partial charge in [0.05, 0.1) is 6.21 Å². The number of nitrogens with one attached hydrogen (secondary N) is 1. The fraction of sp³-hybridized carbons (Fsp3) is 0.0833. The second kappa shape index (κ2) is 5.36. The molecule has 0 saturated carbocycles. The lowest BCUT2D eigenvalue weighted by atomic mass is 10.3. The van der Waals surface area contributed by atoms with Gasteiger partial charge in [-0.2, -0.15) is 5.10 Å². The number of aromatic nitrogens is 1. The van der Waals surface area contributed by atoms with Crippen molar-refractivity contribution in [3.8, 4) is 0 Å². The number of amides is 1. The summed E-state index contributed by atoms with van der Waals surface area (Å²) in [5.41, 5.74) is 3.01. The van der Waals surface area contributed by atoms with Gasteiger partial charge in [0.2, 0.25) is 0 Å². The summed E-state index contributed by atoms with van der Waals surface area (Å²) in [6.45, 7) is 2.03. The number of hydrogen-bond acceptors (Lipinski definition) is 4. The highest BCUT2D eigenvalue weighted by atomic mass is 32.1. The van der Waals surface area contributed by atoms with E-state index in [1.807, 2.05) is 19.1 Å². The largest absolute Gasteiger partial charge is 0.271 e. The van der Waals surface area contributed by atoms with Gasteiger partial charge in [-0.25, -0.2) is 5.43 Å². The predicted octanol–water partition coefficient (Wildman–Crippen LogP) is 2.22. The Morgan fingerprint density at radius 3 is 2.76 bits per heavy atom. The molecule has 0 saturated heterocycles. The van der Waals surface area contributed by atoms with Gasteiger partial charge in [0.15, 0.2) is 0 Å². The fourth-order valence-electron chi connectivity index (χ4n) is 1.25. The Balaban J connectivity index is 1.95. The first-order valence-electron chi connectivity index (χ1n) is 5.05. The van der Waals surface area contributed by atoms with E-state index in [1.165, 1.54) is 4.88 Å². The van der Waals surface area contributed by atoms with Crippen molar-refractivity contribution in [3.63, 3.8) is 0 Å². The van der Waals surface area contributed by atoms with Gasteiger partial charge in [-0.3, -0.25) is 9.78 Å². The smallest absolute Gasteiger partial charge is 0.267 e. The van der Waals surface area contributed by atoms with E-state index in [2.05, 4.69) is 15.5 Å². The number of nitrogens with zero attached hydrogens (tertiary/aromatic N) is 2. The molecule has 2 rings (SSSR count). The number of rotatable bonds is 3. The van der Waals surface area contributed by atoms with E-state index < -0.39 is 0 Å². The number of carbonyl (C=O) groups excluding carboxylic acids is 1. The number of hydrazone groups is 1. The van der Waals surface area contributed by atoms with Crippen LogP contribution >= 0.6 is 11.3 Å². The predicted molar refractivity (Wildman–Crippen MR) is 68.4 cm³/mol. The molecule has 0 radical (unpaired) electrons. The van der Waals surface area contributed by atoms with E-state index in [-0.39, 0.29) is 5.91 Å². The van der Waals surface area contributed by atoms with E-state index in [4.69, 9.17) is 0 Å². The molecular weight excluding hydrogens is 234 g/mol. The molecule has 2 aromatic rings. The Kier molecular flexibility index (Phi) is 3.62. The molecule has 86 valence electrons. The van der Waals surface area contributed by atoms with Gasteiger partial charge >= 0.3 is 0 Å². The van der Waals surface area contributed by atoms with Crippen LogP contribution in [-0.4, -0.2) is 17.1 Å². The van der Waals surface area contributed by atoms with Crippen molar-refractivity contribution in [2.24, 2.45) is 5.10 Å². The molecular formula is C12H11N3OS. The minimum absolute atomic E-state index is 0.239. The molecule has 0 aliphatic carbocycles. The number of pyridine rings is 1. The molecule has 5 heteroatoms. The number of thiophene rings is 1. The third kappa shape index (κ3) is 3.22. The molecule has 0 spiro atoms. The molecule has 0 unspecified atom stereocenters. The van der Waals surface area contributed by atoms with Crippen LogP contribution in [-0.2, 0) is 0 Å². The lowest BCUT2D eigenvalue weighted by Crippen LogP contribution is -2.17. The van der Waals surface area contributed by atoms with E-state index in [0.29, 0.717) is 5.56 Å². The summed E-state index contributed by atoms with van der Waals surface area (Å²) in [5.74, 6) is -0.239. The quantitative estimate of drug-likeness (QED) is 0.666. The second-order valence-corrected chi connectivity index (χ2v) is 4.70. The Morgan fingerprint density at radius 2 is 2.12 bits per heavy atom. The van der Waals surface area contributed by atoms with Crippen LogP contribution in [0.1, 0.15) is 20.1 Å². The molecule has 17 heavy (non-hydrogen) atoms. The van der Waals surface area contributed by atoms with E-state index in [0.717, 1.165) is 4.88 Å². The van der Waals surface area contributed by atoms with Gasteiger partial charge < -0.3 is 0 Å². The molecule has 4 nitrogen and oxygen atoms in total. The van der Waals surface area contributed by atoms with Gasteiger partial charge in [0, 0.05) is 27.7 Å². The molecule has 0 atom stereocenters. The highest BCUT2D eigenvalue weighted by Gasteiger charge is 2.01. The maximum Gasteiger partial charge on any atom is 0.271 e. The molecule has 2 heterocycles. The minimum atomic E-state index is -0.239. The summed E-state index contributed by atoms with van der Waals surface area (Å²) in [6, 6.07) is 7.25. The lowest BCUT2D eigenvalue weighted by molar-refractivity contribution is 0.0955. The molecule has 0 aliphatic rings. The van der Waals surface area contributed by atoms with Gasteiger partial charge in [0.25, 0.3) is 5.91 Å². The fourth-order valence-corrected chi connectivity index (χ4v) is 1.99. The van der Waals surface area contributed by atoms with Crippen molar-refractivity contribution in [2.75, 3.05) is 0 Å². The summed E-state index contributed by atoms with van der Waals surface area (Å²) >= 11 is 1.62. The summed E-state index contributed by atoms with van der Waals surface area (Å²) in [4.78, 5) is 17.7. The monoisotopic (exact) mass is 245 g/mol. The molecule has 0 bridgehead atoms. The standard InChI is InChI=1S/C12H11N3OS/c1-9-2-3-11(17-9)8-14-15-12(16)10-4-6-13-7-5-10/h2-8H,1H3,(H,15,16)/b14-8+. The van der Waals surface area contributed by atoms with Crippen LogP contribution in [0.5, 0.6) is 0 Å². The first-order valence-corrected chi connectivity index (χ1v) is 5.87. The SMILES string of the molecule is Cc1ccc(/C=N/NC(=O)c2ccncc2)s1.